The number of hydroxylamine groups is 2. The van der Waals surface area contributed by atoms with Crippen molar-refractivity contribution in [3.8, 4) is 0 Å². The molecule has 7 nitrogen and oxygen atoms in total. The number of hydrogen-bond acceptors (Lipinski definition) is 5. The van der Waals surface area contributed by atoms with Gasteiger partial charge in [0.25, 0.3) is 11.8 Å². The van der Waals surface area contributed by atoms with Crippen LogP contribution in [0, 0.1) is 6.92 Å². The Hall–Kier alpha value is -2.96. The average Bonchev–Trinajstić information content (AvgIpc) is 2.93. The molecule has 0 aliphatic carbocycles. The summed E-state index contributed by atoms with van der Waals surface area (Å²) < 4.78 is 1.51. The first-order valence-electron chi connectivity index (χ1n) is 6.19. The van der Waals surface area contributed by atoms with Gasteiger partial charge in [-0.05, 0) is 19.1 Å². The first-order chi connectivity index (χ1) is 10.0. The Morgan fingerprint density at radius 1 is 1.14 bits per heavy atom. The highest BCUT2D eigenvalue weighted by Crippen LogP contribution is 2.23. The highest BCUT2D eigenvalue weighted by atomic mass is 16.7. The zero-order chi connectivity index (χ0) is 15.1. The molecule has 0 fully saturated rings. The van der Waals surface area contributed by atoms with Gasteiger partial charge in [-0.2, -0.15) is 0 Å². The van der Waals surface area contributed by atoms with Crippen LogP contribution >= 0.6 is 0 Å². The van der Waals surface area contributed by atoms with Gasteiger partial charge in [0.2, 0.25) is 0 Å². The molecule has 1 aromatic carbocycles. The summed E-state index contributed by atoms with van der Waals surface area (Å²) in [6.07, 6.45) is 1.33. The van der Waals surface area contributed by atoms with Crippen LogP contribution in [0.2, 0.25) is 0 Å². The normalized spacial score (nSPS) is 13.5. The molecule has 2 heterocycles. The predicted molar refractivity (Wildman–Crippen MR) is 70.3 cm³/mol. The van der Waals surface area contributed by atoms with E-state index in [0.29, 0.717) is 10.9 Å². The van der Waals surface area contributed by atoms with E-state index in [4.69, 9.17) is 4.84 Å². The molecule has 2 amide bonds. The molecule has 0 radical (unpaired) electrons. The first-order valence-corrected chi connectivity index (χ1v) is 6.19. The fourth-order valence-electron chi connectivity index (χ4n) is 2.07. The van der Waals surface area contributed by atoms with E-state index in [1.54, 1.807) is 26.1 Å². The van der Waals surface area contributed by atoms with E-state index in [0.717, 1.165) is 0 Å². The number of carbonyl (C=O) groups is 3. The molecular weight excluding hydrogens is 274 g/mol. The molecule has 0 unspecified atom stereocenters. The number of amides is 2. The summed E-state index contributed by atoms with van der Waals surface area (Å²) in [5.41, 5.74) is 0.594. The van der Waals surface area contributed by atoms with Gasteiger partial charge in [-0.15, -0.1) is 0 Å². The maximum absolute atomic E-state index is 12.1. The molecule has 7 heteroatoms. The topological polar surface area (TPSA) is 81.5 Å². The molecule has 0 spiro atoms. The van der Waals surface area contributed by atoms with Gasteiger partial charge in [-0.1, -0.05) is 17.2 Å². The Bertz CT molecular complexity index is 743. The zero-order valence-corrected chi connectivity index (χ0v) is 11.4. The third-order valence-electron chi connectivity index (χ3n) is 3.36. The summed E-state index contributed by atoms with van der Waals surface area (Å²) in [6, 6.07) is 6.30. The Morgan fingerprint density at radius 3 is 2.19 bits per heavy atom. The first kappa shape index (κ1) is 13.0. The highest BCUT2D eigenvalue weighted by molar-refractivity contribution is 6.21. The van der Waals surface area contributed by atoms with E-state index < -0.39 is 17.8 Å². The molecule has 1 aliphatic rings. The minimum absolute atomic E-state index is 0.157. The molecule has 106 valence electrons. The predicted octanol–water partition coefficient (Wildman–Crippen LogP) is 1.10. The number of benzene rings is 1. The van der Waals surface area contributed by atoms with Crippen molar-refractivity contribution in [3.05, 3.63) is 53.1 Å². The van der Waals surface area contributed by atoms with E-state index in [-0.39, 0.29) is 16.8 Å². The highest BCUT2D eigenvalue weighted by Gasteiger charge is 2.39. The standard InChI is InChI=1S/C14H11N3O4/c1-8-15-7-11(16(8)2)14(20)21-17-12(18)9-5-3-4-6-10(9)13(17)19/h3-7H,1-2H3. The lowest BCUT2D eigenvalue weighted by Gasteiger charge is -2.12. The molecule has 1 aromatic heterocycles. The SMILES string of the molecule is Cc1ncc(C(=O)ON2C(=O)c3ccccc3C2=O)n1C. The van der Waals surface area contributed by atoms with Crippen molar-refractivity contribution in [1.29, 1.82) is 0 Å². The van der Waals surface area contributed by atoms with Gasteiger partial charge < -0.3 is 9.40 Å². The number of imidazole rings is 1. The molecule has 0 bridgehead atoms. The second kappa shape index (κ2) is 4.55. The molecule has 0 saturated heterocycles. The fraction of sp³-hybridized carbons (Fsp3) is 0.143. The van der Waals surface area contributed by atoms with Crippen molar-refractivity contribution in [3.63, 3.8) is 0 Å². The van der Waals surface area contributed by atoms with Gasteiger partial charge in [-0.25, -0.2) is 9.78 Å². The van der Waals surface area contributed by atoms with E-state index in [2.05, 4.69) is 4.98 Å². The molecule has 21 heavy (non-hydrogen) atoms. The van der Waals surface area contributed by atoms with Gasteiger partial charge in [0.05, 0.1) is 17.3 Å². The molecule has 0 atom stereocenters. The summed E-state index contributed by atoms with van der Waals surface area (Å²) in [4.78, 5) is 45.1. The number of fused-ring (bicyclic) bond motifs is 1. The van der Waals surface area contributed by atoms with Crippen LogP contribution in [-0.2, 0) is 11.9 Å². The largest absolute Gasteiger partial charge is 0.381 e. The van der Waals surface area contributed by atoms with Crippen molar-refractivity contribution < 1.29 is 19.2 Å². The van der Waals surface area contributed by atoms with E-state index in [9.17, 15) is 14.4 Å². The number of imide groups is 1. The quantitative estimate of drug-likeness (QED) is 0.772. The molecule has 1 aliphatic heterocycles. The Morgan fingerprint density at radius 2 is 1.71 bits per heavy atom. The Kier molecular flexibility index (Phi) is 2.83. The Labute approximate surface area is 119 Å². The molecule has 0 N–H and O–H groups in total. The number of rotatable bonds is 2. The minimum atomic E-state index is -0.812. The van der Waals surface area contributed by atoms with Crippen LogP contribution in [0.3, 0.4) is 0 Å². The average molecular weight is 285 g/mol. The van der Waals surface area contributed by atoms with Crippen LogP contribution in [0.1, 0.15) is 37.0 Å². The van der Waals surface area contributed by atoms with Crippen molar-refractivity contribution in [1.82, 2.24) is 14.6 Å². The second-order valence-corrected chi connectivity index (χ2v) is 4.58. The third-order valence-corrected chi connectivity index (χ3v) is 3.36. The molecular formula is C14H11N3O4. The third kappa shape index (κ3) is 1.90. The lowest BCUT2D eigenvalue weighted by Crippen LogP contribution is -2.33. The number of carbonyl (C=O) groups excluding carboxylic acids is 3. The maximum atomic E-state index is 12.1. The summed E-state index contributed by atoms with van der Waals surface area (Å²) in [5.74, 6) is -1.50. The fourth-order valence-corrected chi connectivity index (χ4v) is 2.07. The summed E-state index contributed by atoms with van der Waals surface area (Å²) in [5, 5.41) is 0.481. The number of hydrogen-bond donors (Lipinski definition) is 0. The van der Waals surface area contributed by atoms with Gasteiger partial charge in [0, 0.05) is 7.05 Å². The van der Waals surface area contributed by atoms with Gasteiger partial charge in [-0.3, -0.25) is 9.59 Å². The monoisotopic (exact) mass is 285 g/mol. The van der Waals surface area contributed by atoms with Crippen LogP contribution < -0.4 is 0 Å². The maximum Gasteiger partial charge on any atom is 0.381 e. The summed E-state index contributed by atoms with van der Waals surface area (Å²) in [7, 11) is 1.64. The molecule has 2 aromatic rings. The zero-order valence-electron chi connectivity index (χ0n) is 11.4. The number of aromatic nitrogens is 2. The van der Waals surface area contributed by atoms with Crippen molar-refractivity contribution in [2.24, 2.45) is 7.05 Å². The van der Waals surface area contributed by atoms with Crippen LogP contribution in [-0.4, -0.2) is 32.4 Å². The van der Waals surface area contributed by atoms with Crippen molar-refractivity contribution in [2.45, 2.75) is 6.92 Å². The number of aryl methyl sites for hydroxylation is 1. The van der Waals surface area contributed by atoms with Crippen molar-refractivity contribution in [2.75, 3.05) is 0 Å². The Balaban J connectivity index is 1.87. The van der Waals surface area contributed by atoms with E-state index in [1.807, 2.05) is 0 Å². The van der Waals surface area contributed by atoms with Crippen LogP contribution in [0.15, 0.2) is 30.5 Å². The van der Waals surface area contributed by atoms with Crippen LogP contribution in [0.25, 0.3) is 0 Å². The summed E-state index contributed by atoms with van der Waals surface area (Å²) in [6.45, 7) is 1.72. The molecule has 3 rings (SSSR count). The van der Waals surface area contributed by atoms with Gasteiger partial charge in [0.1, 0.15) is 11.5 Å². The lowest BCUT2D eigenvalue weighted by atomic mass is 10.1. The molecule has 0 saturated carbocycles. The smallest absolute Gasteiger partial charge is 0.326 e. The van der Waals surface area contributed by atoms with Crippen LogP contribution in [0.4, 0.5) is 0 Å². The van der Waals surface area contributed by atoms with Gasteiger partial charge in [0.15, 0.2) is 0 Å². The van der Waals surface area contributed by atoms with Crippen molar-refractivity contribution >= 4 is 17.8 Å². The number of nitrogens with zero attached hydrogens (tertiary/aromatic N) is 3. The lowest BCUT2D eigenvalue weighted by molar-refractivity contribution is -0.0591. The second-order valence-electron chi connectivity index (χ2n) is 4.58. The summed E-state index contributed by atoms with van der Waals surface area (Å²) >= 11 is 0. The minimum Gasteiger partial charge on any atom is -0.326 e. The van der Waals surface area contributed by atoms with E-state index >= 15 is 0 Å². The van der Waals surface area contributed by atoms with E-state index in [1.165, 1.54) is 22.9 Å². The van der Waals surface area contributed by atoms with Gasteiger partial charge >= 0.3 is 5.97 Å². The van der Waals surface area contributed by atoms with Crippen LogP contribution in [0.5, 0.6) is 0 Å².